The van der Waals surface area contributed by atoms with E-state index in [1.807, 2.05) is 55.5 Å². The molecule has 0 aliphatic rings. The van der Waals surface area contributed by atoms with Crippen molar-refractivity contribution in [2.45, 2.75) is 13.3 Å². The van der Waals surface area contributed by atoms with E-state index >= 15 is 0 Å². The number of aryl methyl sites for hydroxylation is 1. The van der Waals surface area contributed by atoms with Crippen LogP contribution >= 0.6 is 0 Å². The quantitative estimate of drug-likeness (QED) is 0.738. The molecule has 0 aliphatic heterocycles. The highest BCUT2D eigenvalue weighted by atomic mass is 16.5. The van der Waals surface area contributed by atoms with E-state index in [-0.39, 0.29) is 0 Å². The van der Waals surface area contributed by atoms with Crippen LogP contribution in [0.15, 0.2) is 53.1 Å². The molecule has 20 heavy (non-hydrogen) atoms. The van der Waals surface area contributed by atoms with Gasteiger partial charge in [-0.1, -0.05) is 47.6 Å². The van der Waals surface area contributed by atoms with Gasteiger partial charge >= 0.3 is 0 Å². The highest BCUT2D eigenvalue weighted by Crippen LogP contribution is 2.26. The number of nitrogens with zero attached hydrogens (tertiary/aromatic N) is 2. The largest absolute Gasteiger partial charge is 0.398 e. The van der Waals surface area contributed by atoms with Gasteiger partial charge in [-0.25, -0.2) is 0 Å². The molecule has 0 saturated heterocycles. The van der Waals surface area contributed by atoms with Gasteiger partial charge in [0.05, 0.1) is 5.56 Å². The van der Waals surface area contributed by atoms with Crippen LogP contribution in [0.3, 0.4) is 0 Å². The zero-order chi connectivity index (χ0) is 13.9. The fourth-order valence-electron chi connectivity index (χ4n) is 2.08. The highest BCUT2D eigenvalue weighted by molar-refractivity contribution is 5.73. The maximum Gasteiger partial charge on any atom is 0.260 e. The fraction of sp³-hybridized carbons (Fsp3) is 0.125. The molecule has 100 valence electrons. The molecule has 0 bridgehead atoms. The monoisotopic (exact) mass is 265 g/mol. The van der Waals surface area contributed by atoms with E-state index in [1.54, 1.807) is 0 Å². The highest BCUT2D eigenvalue weighted by Gasteiger charge is 2.12. The van der Waals surface area contributed by atoms with Crippen molar-refractivity contribution in [3.8, 4) is 11.5 Å². The SMILES string of the molecule is Cc1cccc(-c2nc(Cc3ccccc3)no2)c1N. The van der Waals surface area contributed by atoms with Crippen LogP contribution in [0.2, 0.25) is 0 Å². The zero-order valence-electron chi connectivity index (χ0n) is 11.2. The molecule has 2 aromatic carbocycles. The van der Waals surface area contributed by atoms with Crippen molar-refractivity contribution in [3.63, 3.8) is 0 Å². The van der Waals surface area contributed by atoms with Crippen molar-refractivity contribution < 1.29 is 4.52 Å². The molecule has 2 N–H and O–H groups in total. The van der Waals surface area contributed by atoms with E-state index in [9.17, 15) is 0 Å². The van der Waals surface area contributed by atoms with Crippen LogP contribution in [0.1, 0.15) is 17.0 Å². The van der Waals surface area contributed by atoms with E-state index < -0.39 is 0 Å². The van der Waals surface area contributed by atoms with Crippen molar-refractivity contribution in [2.24, 2.45) is 0 Å². The normalized spacial score (nSPS) is 10.7. The van der Waals surface area contributed by atoms with Crippen molar-refractivity contribution >= 4 is 5.69 Å². The van der Waals surface area contributed by atoms with Gasteiger partial charge in [-0.05, 0) is 24.1 Å². The molecule has 3 rings (SSSR count). The van der Waals surface area contributed by atoms with E-state index in [1.165, 1.54) is 0 Å². The van der Waals surface area contributed by atoms with Gasteiger partial charge in [0.25, 0.3) is 5.89 Å². The van der Waals surface area contributed by atoms with Gasteiger partial charge in [-0.3, -0.25) is 0 Å². The Bertz CT molecular complexity index is 720. The summed E-state index contributed by atoms with van der Waals surface area (Å²) in [4.78, 5) is 4.42. The predicted octanol–water partition coefficient (Wildman–Crippen LogP) is 3.22. The molecule has 0 amide bonds. The lowest BCUT2D eigenvalue weighted by atomic mass is 10.1. The molecule has 3 aromatic rings. The molecule has 1 aromatic heterocycles. The lowest BCUT2D eigenvalue weighted by molar-refractivity contribution is 0.424. The Hall–Kier alpha value is -2.62. The molecular weight excluding hydrogens is 250 g/mol. The minimum Gasteiger partial charge on any atom is -0.398 e. The van der Waals surface area contributed by atoms with Crippen molar-refractivity contribution in [1.82, 2.24) is 10.1 Å². The minimum atomic E-state index is 0.470. The molecular formula is C16H15N3O. The Balaban J connectivity index is 1.89. The van der Waals surface area contributed by atoms with E-state index in [4.69, 9.17) is 10.3 Å². The molecule has 0 saturated carbocycles. The zero-order valence-corrected chi connectivity index (χ0v) is 11.2. The van der Waals surface area contributed by atoms with Crippen molar-refractivity contribution in [3.05, 3.63) is 65.5 Å². The van der Waals surface area contributed by atoms with Gasteiger partial charge in [-0.15, -0.1) is 0 Å². The van der Waals surface area contributed by atoms with Crippen LogP contribution < -0.4 is 5.73 Å². The summed E-state index contributed by atoms with van der Waals surface area (Å²) in [6.45, 7) is 1.96. The molecule has 0 radical (unpaired) electrons. The Labute approximate surface area is 117 Å². The summed E-state index contributed by atoms with van der Waals surface area (Å²) >= 11 is 0. The summed E-state index contributed by atoms with van der Waals surface area (Å²) in [5.41, 5.74) is 9.68. The number of hydrogen-bond donors (Lipinski definition) is 1. The summed E-state index contributed by atoms with van der Waals surface area (Å²) in [6, 6.07) is 15.8. The average Bonchev–Trinajstić information content (AvgIpc) is 2.91. The number of rotatable bonds is 3. The molecule has 0 fully saturated rings. The van der Waals surface area contributed by atoms with Gasteiger partial charge in [-0.2, -0.15) is 4.98 Å². The summed E-state index contributed by atoms with van der Waals surface area (Å²) in [7, 11) is 0. The van der Waals surface area contributed by atoms with Crippen LogP contribution in [0.25, 0.3) is 11.5 Å². The average molecular weight is 265 g/mol. The first kappa shape index (κ1) is 12.4. The third-order valence-electron chi connectivity index (χ3n) is 3.23. The van der Waals surface area contributed by atoms with Crippen LogP contribution in [-0.4, -0.2) is 10.1 Å². The standard InChI is InChI=1S/C16H15N3O/c1-11-6-5-9-13(15(11)17)16-18-14(19-20-16)10-12-7-3-2-4-8-12/h2-9H,10,17H2,1H3. The van der Waals surface area contributed by atoms with Crippen molar-refractivity contribution in [1.29, 1.82) is 0 Å². The van der Waals surface area contributed by atoms with Gasteiger partial charge in [0.2, 0.25) is 0 Å². The number of nitrogens with two attached hydrogens (primary N) is 1. The number of benzene rings is 2. The van der Waals surface area contributed by atoms with E-state index in [2.05, 4.69) is 10.1 Å². The van der Waals surface area contributed by atoms with Gasteiger partial charge < -0.3 is 10.3 Å². The summed E-state index contributed by atoms with van der Waals surface area (Å²) in [6.07, 6.45) is 0.649. The number of para-hydroxylation sites is 1. The topological polar surface area (TPSA) is 64.9 Å². The molecule has 0 aliphatic carbocycles. The second-order valence-electron chi connectivity index (χ2n) is 4.71. The fourth-order valence-corrected chi connectivity index (χ4v) is 2.08. The minimum absolute atomic E-state index is 0.470. The predicted molar refractivity (Wildman–Crippen MR) is 78.1 cm³/mol. The number of aromatic nitrogens is 2. The van der Waals surface area contributed by atoms with E-state index in [0.29, 0.717) is 23.8 Å². The Kier molecular flexibility index (Phi) is 3.21. The van der Waals surface area contributed by atoms with Gasteiger partial charge in [0, 0.05) is 12.1 Å². The smallest absolute Gasteiger partial charge is 0.260 e. The third kappa shape index (κ3) is 2.40. The Morgan fingerprint density at radius 1 is 1.05 bits per heavy atom. The Morgan fingerprint density at radius 3 is 2.65 bits per heavy atom. The van der Waals surface area contributed by atoms with E-state index in [0.717, 1.165) is 16.7 Å². The number of hydrogen-bond acceptors (Lipinski definition) is 4. The number of nitrogen functional groups attached to an aromatic ring is 1. The third-order valence-corrected chi connectivity index (χ3v) is 3.23. The summed E-state index contributed by atoms with van der Waals surface area (Å²) in [5.74, 6) is 1.13. The van der Waals surface area contributed by atoms with Crippen LogP contribution in [0.5, 0.6) is 0 Å². The van der Waals surface area contributed by atoms with Crippen LogP contribution in [0.4, 0.5) is 5.69 Å². The first-order chi connectivity index (χ1) is 9.74. The molecule has 1 heterocycles. The molecule has 0 atom stereocenters. The maximum atomic E-state index is 6.05. The molecule has 0 unspecified atom stereocenters. The second kappa shape index (κ2) is 5.17. The van der Waals surface area contributed by atoms with Crippen LogP contribution in [-0.2, 0) is 6.42 Å². The van der Waals surface area contributed by atoms with Crippen molar-refractivity contribution in [2.75, 3.05) is 5.73 Å². The molecule has 4 heteroatoms. The van der Waals surface area contributed by atoms with Gasteiger partial charge in [0.15, 0.2) is 5.82 Å². The Morgan fingerprint density at radius 2 is 1.85 bits per heavy atom. The first-order valence-electron chi connectivity index (χ1n) is 6.46. The lowest BCUT2D eigenvalue weighted by Gasteiger charge is -2.03. The number of anilines is 1. The van der Waals surface area contributed by atoms with Gasteiger partial charge in [0.1, 0.15) is 0 Å². The van der Waals surface area contributed by atoms with Crippen LogP contribution in [0, 0.1) is 6.92 Å². The second-order valence-corrected chi connectivity index (χ2v) is 4.71. The lowest BCUT2D eigenvalue weighted by Crippen LogP contribution is -1.94. The summed E-state index contributed by atoms with van der Waals surface area (Å²) < 4.78 is 5.32. The summed E-state index contributed by atoms with van der Waals surface area (Å²) in [5, 5.41) is 4.02. The maximum absolute atomic E-state index is 6.05. The molecule has 4 nitrogen and oxygen atoms in total. The molecule has 0 spiro atoms. The first-order valence-corrected chi connectivity index (χ1v) is 6.46.